The minimum Gasteiger partial charge on any atom is -0.358 e. The van der Waals surface area contributed by atoms with Crippen molar-refractivity contribution < 1.29 is 0 Å². The molecular formula is C39H53N3. The number of hydrogen-bond acceptors (Lipinski definition) is 3. The fourth-order valence-corrected chi connectivity index (χ4v) is 5.62. The van der Waals surface area contributed by atoms with Crippen LogP contribution in [-0.2, 0) is 10.8 Å². The highest BCUT2D eigenvalue weighted by atomic mass is 14.9. The minimum absolute atomic E-state index is 0.00429. The maximum absolute atomic E-state index is 5.41. The average Bonchev–Trinajstić information content (AvgIpc) is 2.88. The van der Waals surface area contributed by atoms with Crippen molar-refractivity contribution in [3.8, 4) is 0 Å². The minimum atomic E-state index is -0.0191. The molecule has 1 N–H and O–H groups in total. The van der Waals surface area contributed by atoms with E-state index in [1.807, 2.05) is 0 Å². The lowest BCUT2D eigenvalue weighted by Crippen LogP contribution is -2.18. The molecule has 3 aromatic carbocycles. The van der Waals surface area contributed by atoms with E-state index in [0.717, 1.165) is 39.8 Å². The molecule has 0 amide bonds. The van der Waals surface area contributed by atoms with Gasteiger partial charge in [-0.2, -0.15) is 0 Å². The predicted molar refractivity (Wildman–Crippen MR) is 187 cm³/mol. The van der Waals surface area contributed by atoms with Crippen LogP contribution in [0.1, 0.15) is 124 Å². The molecule has 0 unspecified atom stereocenters. The van der Waals surface area contributed by atoms with E-state index >= 15 is 0 Å². The zero-order valence-electron chi connectivity index (χ0n) is 28.4. The van der Waals surface area contributed by atoms with Crippen molar-refractivity contribution in [1.82, 2.24) is 0 Å². The molecule has 0 heterocycles. The number of para-hydroxylation sites is 3. The average molecular weight is 564 g/mol. The van der Waals surface area contributed by atoms with Crippen molar-refractivity contribution in [2.45, 2.75) is 113 Å². The Hall–Kier alpha value is -3.46. The summed E-state index contributed by atoms with van der Waals surface area (Å²) in [6.45, 7) is 28.9. The molecule has 0 radical (unpaired) electrons. The number of rotatable bonds is 8. The van der Waals surface area contributed by atoms with E-state index in [1.165, 1.54) is 22.3 Å². The Morgan fingerprint density at radius 3 is 1.60 bits per heavy atom. The zero-order chi connectivity index (χ0) is 31.4. The Bertz CT molecular complexity index is 1460. The molecule has 224 valence electrons. The highest BCUT2D eigenvalue weighted by molar-refractivity contribution is 6.24. The van der Waals surface area contributed by atoms with E-state index < -0.39 is 0 Å². The zero-order valence-corrected chi connectivity index (χ0v) is 28.4. The molecule has 3 rings (SSSR count). The smallest absolute Gasteiger partial charge is 0.0702 e. The molecule has 3 nitrogen and oxygen atoms in total. The second-order valence-corrected chi connectivity index (χ2v) is 14.2. The third-order valence-corrected chi connectivity index (χ3v) is 7.78. The molecule has 0 aliphatic rings. The molecule has 0 bridgehead atoms. The summed E-state index contributed by atoms with van der Waals surface area (Å²) in [7, 11) is 0. The van der Waals surface area contributed by atoms with Crippen LogP contribution in [0.5, 0.6) is 0 Å². The maximum Gasteiger partial charge on any atom is 0.0702 e. The van der Waals surface area contributed by atoms with Crippen LogP contribution >= 0.6 is 0 Å². The van der Waals surface area contributed by atoms with E-state index in [2.05, 4.69) is 162 Å². The van der Waals surface area contributed by atoms with E-state index in [9.17, 15) is 0 Å². The summed E-state index contributed by atoms with van der Waals surface area (Å²) in [6, 6.07) is 23.7. The molecular weight excluding hydrogens is 510 g/mol. The summed E-state index contributed by atoms with van der Waals surface area (Å²) in [6.07, 6.45) is 0. The van der Waals surface area contributed by atoms with Gasteiger partial charge in [0.1, 0.15) is 0 Å². The molecule has 3 aromatic rings. The predicted octanol–water partition coefficient (Wildman–Crippen LogP) is 11.8. The summed E-state index contributed by atoms with van der Waals surface area (Å²) >= 11 is 0. The van der Waals surface area contributed by atoms with Crippen LogP contribution in [0.4, 0.5) is 17.1 Å². The fourth-order valence-electron chi connectivity index (χ4n) is 5.62. The number of anilines is 1. The van der Waals surface area contributed by atoms with Crippen LogP contribution in [0, 0.1) is 0 Å². The van der Waals surface area contributed by atoms with Gasteiger partial charge < -0.3 is 5.32 Å². The Labute approximate surface area is 256 Å². The lowest BCUT2D eigenvalue weighted by molar-refractivity contribution is 0.591. The topological polar surface area (TPSA) is 36.8 Å². The largest absolute Gasteiger partial charge is 0.358 e. The van der Waals surface area contributed by atoms with Crippen LogP contribution in [0.3, 0.4) is 0 Å². The first-order valence-electron chi connectivity index (χ1n) is 15.4. The lowest BCUT2D eigenvalue weighted by Gasteiger charge is -2.25. The van der Waals surface area contributed by atoms with E-state index in [0.29, 0.717) is 11.8 Å². The summed E-state index contributed by atoms with van der Waals surface area (Å²) in [4.78, 5) is 10.7. The number of allylic oxidation sites excluding steroid dienone is 2. The van der Waals surface area contributed by atoms with Crippen molar-refractivity contribution in [2.75, 3.05) is 5.32 Å². The van der Waals surface area contributed by atoms with E-state index in [-0.39, 0.29) is 10.8 Å². The van der Waals surface area contributed by atoms with E-state index in [4.69, 9.17) is 9.98 Å². The fraction of sp³-hybridized carbons (Fsp3) is 0.436. The molecule has 0 fully saturated rings. The molecule has 42 heavy (non-hydrogen) atoms. The lowest BCUT2D eigenvalue weighted by atomic mass is 9.85. The normalized spacial score (nSPS) is 14.0. The van der Waals surface area contributed by atoms with Crippen LogP contribution in [-0.4, -0.2) is 11.4 Å². The molecule has 0 aliphatic heterocycles. The first kappa shape index (κ1) is 33.0. The number of hydrogen-bond donors (Lipinski definition) is 1. The van der Waals surface area contributed by atoms with Gasteiger partial charge in [0.15, 0.2) is 0 Å². The van der Waals surface area contributed by atoms with Crippen molar-refractivity contribution in [3.05, 3.63) is 100 Å². The van der Waals surface area contributed by atoms with Crippen LogP contribution in [0.25, 0.3) is 0 Å². The van der Waals surface area contributed by atoms with Gasteiger partial charge >= 0.3 is 0 Å². The van der Waals surface area contributed by atoms with Crippen molar-refractivity contribution in [2.24, 2.45) is 9.98 Å². The van der Waals surface area contributed by atoms with Crippen LogP contribution < -0.4 is 5.32 Å². The van der Waals surface area contributed by atoms with Gasteiger partial charge in [0.25, 0.3) is 0 Å². The number of nitrogens with zero attached hydrogens (tertiary/aromatic N) is 2. The highest BCUT2D eigenvalue weighted by Gasteiger charge is 2.22. The molecule has 0 aliphatic carbocycles. The summed E-state index contributed by atoms with van der Waals surface area (Å²) in [5.74, 6) is 0.739. The van der Waals surface area contributed by atoms with Gasteiger partial charge in [-0.1, -0.05) is 124 Å². The Kier molecular flexibility index (Phi) is 10.4. The quantitative estimate of drug-likeness (QED) is 0.272. The Morgan fingerprint density at radius 1 is 0.595 bits per heavy atom. The number of benzene rings is 3. The van der Waals surface area contributed by atoms with Gasteiger partial charge in [-0.05, 0) is 77.8 Å². The highest BCUT2D eigenvalue weighted by Crippen LogP contribution is 2.37. The van der Waals surface area contributed by atoms with Crippen molar-refractivity contribution in [3.63, 3.8) is 0 Å². The molecule has 0 aromatic heterocycles. The Balaban J connectivity index is 2.32. The second-order valence-electron chi connectivity index (χ2n) is 14.2. The van der Waals surface area contributed by atoms with Gasteiger partial charge in [0, 0.05) is 28.4 Å². The first-order chi connectivity index (χ1) is 19.5. The molecule has 0 saturated carbocycles. The summed E-state index contributed by atoms with van der Waals surface area (Å²) < 4.78 is 0. The van der Waals surface area contributed by atoms with Gasteiger partial charge in [-0.15, -0.1) is 0 Å². The second kappa shape index (κ2) is 13.2. The number of nitrogens with one attached hydrogen (secondary N) is 1. The van der Waals surface area contributed by atoms with Gasteiger partial charge in [-0.3, -0.25) is 9.98 Å². The number of aliphatic imine (C=N–C) groups is 2. The van der Waals surface area contributed by atoms with E-state index in [1.54, 1.807) is 0 Å². The van der Waals surface area contributed by atoms with Crippen molar-refractivity contribution in [1.29, 1.82) is 0 Å². The summed E-state index contributed by atoms with van der Waals surface area (Å²) in [5, 5.41) is 3.79. The third-order valence-electron chi connectivity index (χ3n) is 7.78. The maximum atomic E-state index is 5.41. The van der Waals surface area contributed by atoms with Crippen LogP contribution in [0.2, 0.25) is 0 Å². The molecule has 3 heteroatoms. The Morgan fingerprint density at radius 2 is 1.07 bits per heavy atom. The molecule has 0 spiro atoms. The van der Waals surface area contributed by atoms with Gasteiger partial charge in [0.2, 0.25) is 0 Å². The van der Waals surface area contributed by atoms with Crippen molar-refractivity contribution >= 4 is 28.5 Å². The molecule has 0 saturated heterocycles. The first-order valence-corrected chi connectivity index (χ1v) is 15.4. The molecule has 0 atom stereocenters. The van der Waals surface area contributed by atoms with Crippen LogP contribution in [0.15, 0.2) is 88.0 Å². The SMILES string of the molecule is CC(=Nc1ccccc1C(C)(C)C)/C(C(C)=Nc1c(C(C)C)cccc1C(C)C)=C(/C)Nc1ccccc1C(C)(C)C. The summed E-state index contributed by atoms with van der Waals surface area (Å²) in [5.41, 5.74) is 12.2. The monoisotopic (exact) mass is 563 g/mol. The standard InChI is InChI=1S/C39H53N3/c1-25(2)30-19-18-20-31(26(3)4)37(30)42-29(7)36(27(5)40-34-23-16-14-21-32(34)38(8,9)10)28(6)41-35-24-17-15-22-33(35)39(11,12)13/h14-26,40H,1-13H3/b36-27+,41-28?,42-29?. The van der Waals surface area contributed by atoms with Gasteiger partial charge in [-0.25, -0.2) is 0 Å². The van der Waals surface area contributed by atoms with Gasteiger partial charge in [0.05, 0.1) is 11.4 Å². The third kappa shape index (κ3) is 7.88.